The van der Waals surface area contributed by atoms with Gasteiger partial charge in [0.05, 0.1) is 25.5 Å². The predicted molar refractivity (Wildman–Crippen MR) is 78.8 cm³/mol. The number of methoxy groups -OCH3 is 2. The van der Waals surface area contributed by atoms with Crippen molar-refractivity contribution in [2.24, 2.45) is 0 Å². The lowest BCUT2D eigenvalue weighted by Crippen LogP contribution is -2.14. The van der Waals surface area contributed by atoms with Gasteiger partial charge in [0.15, 0.2) is 0 Å². The van der Waals surface area contributed by atoms with Crippen molar-refractivity contribution in [2.75, 3.05) is 19.5 Å². The summed E-state index contributed by atoms with van der Waals surface area (Å²) in [5.41, 5.74) is 0.552. The van der Waals surface area contributed by atoms with Crippen LogP contribution in [-0.2, 0) is 0 Å². The van der Waals surface area contributed by atoms with Crippen LogP contribution < -0.4 is 14.8 Å². The molecule has 21 heavy (non-hydrogen) atoms. The normalized spacial score (nSPS) is 10.0. The van der Waals surface area contributed by atoms with Crippen molar-refractivity contribution < 1.29 is 24.2 Å². The van der Waals surface area contributed by atoms with E-state index in [1.54, 1.807) is 29.6 Å². The van der Waals surface area contributed by atoms with Crippen LogP contribution in [0.25, 0.3) is 0 Å². The zero-order chi connectivity index (χ0) is 15.4. The second kappa shape index (κ2) is 6.27. The van der Waals surface area contributed by atoms with E-state index in [4.69, 9.17) is 14.6 Å². The minimum Gasteiger partial charge on any atom is -0.497 e. The minimum atomic E-state index is -1.08. The standard InChI is InChI=1S/C14H13NO5S/c1-19-8-3-4-9(11(7-8)20-2)13(16)15-10-5-6-21-12(10)14(17)18/h3-7H,1-2H3,(H,15,16)(H,17,18). The molecule has 0 atom stereocenters. The number of hydrogen-bond donors (Lipinski definition) is 2. The number of anilines is 1. The number of benzene rings is 1. The van der Waals surface area contributed by atoms with Crippen LogP contribution in [0.1, 0.15) is 20.0 Å². The molecule has 0 aliphatic rings. The van der Waals surface area contributed by atoms with Gasteiger partial charge in [-0.25, -0.2) is 4.79 Å². The number of carboxylic acids is 1. The van der Waals surface area contributed by atoms with Gasteiger partial charge in [-0.1, -0.05) is 0 Å². The third-order valence-corrected chi connectivity index (χ3v) is 3.66. The lowest BCUT2D eigenvalue weighted by atomic mass is 10.1. The van der Waals surface area contributed by atoms with Crippen LogP contribution >= 0.6 is 11.3 Å². The Morgan fingerprint density at radius 1 is 1.19 bits per heavy atom. The summed E-state index contributed by atoms with van der Waals surface area (Å²) < 4.78 is 10.2. The van der Waals surface area contributed by atoms with Gasteiger partial charge < -0.3 is 19.9 Å². The second-order valence-corrected chi connectivity index (χ2v) is 4.91. The van der Waals surface area contributed by atoms with Crippen LogP contribution in [0, 0.1) is 0 Å². The highest BCUT2D eigenvalue weighted by Gasteiger charge is 2.18. The monoisotopic (exact) mass is 307 g/mol. The number of rotatable bonds is 5. The van der Waals surface area contributed by atoms with E-state index in [1.807, 2.05) is 0 Å². The average molecular weight is 307 g/mol. The number of amides is 1. The zero-order valence-corrected chi connectivity index (χ0v) is 12.2. The Labute approximate surface area is 124 Å². The van der Waals surface area contributed by atoms with E-state index >= 15 is 0 Å². The molecule has 1 aromatic heterocycles. The molecule has 7 heteroatoms. The zero-order valence-electron chi connectivity index (χ0n) is 11.4. The summed E-state index contributed by atoms with van der Waals surface area (Å²) in [5.74, 6) is -0.624. The molecule has 1 amide bonds. The molecule has 0 spiro atoms. The SMILES string of the molecule is COc1ccc(C(=O)Nc2ccsc2C(=O)O)c(OC)c1. The van der Waals surface area contributed by atoms with Crippen LogP contribution in [0.15, 0.2) is 29.6 Å². The van der Waals surface area contributed by atoms with Gasteiger partial charge in [0.2, 0.25) is 0 Å². The topological polar surface area (TPSA) is 84.9 Å². The second-order valence-electron chi connectivity index (χ2n) is 3.99. The summed E-state index contributed by atoms with van der Waals surface area (Å²) in [5, 5.41) is 13.2. The molecule has 0 radical (unpaired) electrons. The Morgan fingerprint density at radius 2 is 1.95 bits per heavy atom. The number of hydrogen-bond acceptors (Lipinski definition) is 5. The molecule has 0 unspecified atom stereocenters. The molecule has 0 aliphatic heterocycles. The van der Waals surface area contributed by atoms with E-state index < -0.39 is 11.9 Å². The van der Waals surface area contributed by atoms with Crippen LogP contribution in [0.2, 0.25) is 0 Å². The smallest absolute Gasteiger partial charge is 0.348 e. The first-order chi connectivity index (χ1) is 10.1. The lowest BCUT2D eigenvalue weighted by molar-refractivity contribution is 0.0703. The van der Waals surface area contributed by atoms with Gasteiger partial charge in [0, 0.05) is 6.07 Å². The van der Waals surface area contributed by atoms with E-state index in [9.17, 15) is 9.59 Å². The summed E-state index contributed by atoms with van der Waals surface area (Å²) >= 11 is 1.05. The predicted octanol–water partition coefficient (Wildman–Crippen LogP) is 2.72. The third-order valence-electron chi connectivity index (χ3n) is 2.76. The van der Waals surface area contributed by atoms with Crippen LogP contribution in [0.4, 0.5) is 5.69 Å². The first-order valence-corrected chi connectivity index (χ1v) is 6.79. The van der Waals surface area contributed by atoms with Crippen LogP contribution in [0.3, 0.4) is 0 Å². The van der Waals surface area contributed by atoms with Gasteiger partial charge in [-0.05, 0) is 23.6 Å². The lowest BCUT2D eigenvalue weighted by Gasteiger charge is -2.10. The van der Waals surface area contributed by atoms with E-state index in [0.717, 1.165) is 11.3 Å². The summed E-state index contributed by atoms with van der Waals surface area (Å²) in [6.45, 7) is 0. The third kappa shape index (κ3) is 3.14. The van der Waals surface area contributed by atoms with Gasteiger partial charge in [-0.3, -0.25) is 4.79 Å². The molecule has 2 rings (SSSR count). The van der Waals surface area contributed by atoms with Gasteiger partial charge in [0.1, 0.15) is 16.4 Å². The number of carboxylic acid groups (broad SMARTS) is 1. The Hall–Kier alpha value is -2.54. The Balaban J connectivity index is 2.28. The maximum absolute atomic E-state index is 12.2. The maximum atomic E-state index is 12.2. The quantitative estimate of drug-likeness (QED) is 0.887. The minimum absolute atomic E-state index is 0.0795. The molecule has 6 nitrogen and oxygen atoms in total. The Kier molecular flexibility index (Phi) is 4.44. The number of nitrogens with one attached hydrogen (secondary N) is 1. The van der Waals surface area contributed by atoms with Gasteiger partial charge >= 0.3 is 5.97 Å². The maximum Gasteiger partial charge on any atom is 0.348 e. The van der Waals surface area contributed by atoms with Crippen molar-refractivity contribution in [2.45, 2.75) is 0 Å². The highest BCUT2D eigenvalue weighted by molar-refractivity contribution is 7.12. The fourth-order valence-electron chi connectivity index (χ4n) is 1.75. The van der Waals surface area contributed by atoms with E-state index in [2.05, 4.69) is 5.32 Å². The molecule has 0 bridgehead atoms. The van der Waals surface area contributed by atoms with Crippen molar-refractivity contribution in [3.63, 3.8) is 0 Å². The average Bonchev–Trinajstić information content (AvgIpc) is 2.94. The number of carbonyl (C=O) groups excluding carboxylic acids is 1. The Bertz CT molecular complexity index is 680. The van der Waals surface area contributed by atoms with Crippen LogP contribution in [-0.4, -0.2) is 31.2 Å². The van der Waals surface area contributed by atoms with Crippen molar-refractivity contribution in [3.8, 4) is 11.5 Å². The molecule has 0 saturated heterocycles. The molecule has 2 aromatic rings. The highest BCUT2D eigenvalue weighted by Crippen LogP contribution is 2.27. The summed E-state index contributed by atoms with van der Waals surface area (Å²) in [6, 6.07) is 6.31. The van der Waals surface area contributed by atoms with E-state index in [0.29, 0.717) is 17.1 Å². The molecule has 110 valence electrons. The largest absolute Gasteiger partial charge is 0.497 e. The molecule has 0 saturated carbocycles. The first-order valence-electron chi connectivity index (χ1n) is 5.91. The number of aromatic carboxylic acids is 1. The number of ether oxygens (including phenoxy) is 2. The van der Waals surface area contributed by atoms with Gasteiger partial charge in [0.25, 0.3) is 5.91 Å². The van der Waals surface area contributed by atoms with E-state index in [-0.39, 0.29) is 10.6 Å². The first kappa shape index (κ1) is 14.9. The molecular weight excluding hydrogens is 294 g/mol. The summed E-state index contributed by atoms with van der Waals surface area (Å²) in [4.78, 5) is 23.4. The molecule has 2 N–H and O–H groups in total. The van der Waals surface area contributed by atoms with E-state index in [1.165, 1.54) is 14.2 Å². The fraction of sp³-hybridized carbons (Fsp3) is 0.143. The van der Waals surface area contributed by atoms with Crippen molar-refractivity contribution in [3.05, 3.63) is 40.1 Å². The van der Waals surface area contributed by atoms with Crippen LogP contribution in [0.5, 0.6) is 11.5 Å². The molecule has 1 aromatic carbocycles. The summed E-state index contributed by atoms with van der Waals surface area (Å²) in [7, 11) is 2.96. The molecule has 0 fully saturated rings. The fourth-order valence-corrected chi connectivity index (χ4v) is 2.44. The molecular formula is C14H13NO5S. The summed E-state index contributed by atoms with van der Waals surface area (Å²) in [6.07, 6.45) is 0. The highest BCUT2D eigenvalue weighted by atomic mass is 32.1. The van der Waals surface area contributed by atoms with Crippen molar-refractivity contribution in [1.82, 2.24) is 0 Å². The Morgan fingerprint density at radius 3 is 2.57 bits per heavy atom. The molecule has 1 heterocycles. The van der Waals surface area contributed by atoms with Crippen molar-refractivity contribution >= 4 is 28.9 Å². The molecule has 0 aliphatic carbocycles. The number of thiophene rings is 1. The van der Waals surface area contributed by atoms with Gasteiger partial charge in [-0.2, -0.15) is 0 Å². The van der Waals surface area contributed by atoms with Crippen molar-refractivity contribution in [1.29, 1.82) is 0 Å². The van der Waals surface area contributed by atoms with Gasteiger partial charge in [-0.15, -0.1) is 11.3 Å². The number of carbonyl (C=O) groups is 2.